The average Bonchev–Trinajstić information content (AvgIpc) is 2.79. The number of urea groups is 1. The molecule has 0 aromatic heterocycles. The quantitative estimate of drug-likeness (QED) is 0.712. The van der Waals surface area contributed by atoms with Crippen molar-refractivity contribution in [1.29, 1.82) is 5.26 Å². The van der Waals surface area contributed by atoms with Crippen LogP contribution in [-0.2, 0) is 9.53 Å². The van der Waals surface area contributed by atoms with Crippen LogP contribution in [0.1, 0.15) is 45.6 Å². The molecule has 180 valence electrons. The summed E-state index contributed by atoms with van der Waals surface area (Å²) in [6, 6.07) is 9.74. The summed E-state index contributed by atoms with van der Waals surface area (Å²) in [6.45, 7) is 11.5. The minimum atomic E-state index is -0.932. The number of ether oxygens (including phenoxy) is 1. The van der Waals surface area contributed by atoms with E-state index in [0.717, 1.165) is 5.69 Å². The highest BCUT2D eigenvalue weighted by molar-refractivity contribution is 5.88. The monoisotopic (exact) mass is 455 g/mol. The summed E-state index contributed by atoms with van der Waals surface area (Å²) in [5.74, 6) is -0.295. The van der Waals surface area contributed by atoms with Gasteiger partial charge < -0.3 is 25.2 Å². The number of hydrogen-bond acceptors (Lipinski definition) is 5. The molecule has 8 nitrogen and oxygen atoms in total. The Bertz CT molecular complexity index is 858. The van der Waals surface area contributed by atoms with Gasteiger partial charge in [-0.05, 0) is 30.9 Å². The average molecular weight is 456 g/mol. The van der Waals surface area contributed by atoms with Crippen LogP contribution in [0.4, 0.5) is 10.5 Å². The Balaban J connectivity index is 1.65. The van der Waals surface area contributed by atoms with Crippen molar-refractivity contribution in [3.63, 3.8) is 0 Å². The number of morpholine rings is 1. The minimum Gasteiger partial charge on any atom is -0.378 e. The molecule has 0 spiro atoms. The highest BCUT2D eigenvalue weighted by Gasteiger charge is 2.39. The molecule has 1 atom stereocenters. The van der Waals surface area contributed by atoms with Crippen molar-refractivity contribution in [3.05, 3.63) is 29.8 Å². The van der Waals surface area contributed by atoms with Crippen LogP contribution in [0.3, 0.4) is 0 Å². The molecule has 2 heterocycles. The first kappa shape index (κ1) is 24.8. The number of aryl methyl sites for hydroxylation is 1. The number of hydrogen-bond donors (Lipinski definition) is 2. The van der Waals surface area contributed by atoms with E-state index in [1.807, 2.05) is 20.8 Å². The third-order valence-electron chi connectivity index (χ3n) is 6.32. The maximum Gasteiger partial charge on any atom is 0.318 e. The lowest BCUT2D eigenvalue weighted by molar-refractivity contribution is -0.125. The van der Waals surface area contributed by atoms with E-state index in [9.17, 15) is 14.9 Å². The lowest BCUT2D eigenvalue weighted by Gasteiger charge is -2.40. The topological polar surface area (TPSA) is 97.7 Å². The van der Waals surface area contributed by atoms with Gasteiger partial charge in [-0.1, -0.05) is 38.5 Å². The molecule has 8 heteroatoms. The molecule has 1 unspecified atom stereocenters. The number of amides is 3. The number of rotatable bonds is 5. The molecule has 0 aliphatic carbocycles. The van der Waals surface area contributed by atoms with Crippen LogP contribution < -0.4 is 15.5 Å². The normalized spacial score (nSPS) is 19.4. The van der Waals surface area contributed by atoms with E-state index < -0.39 is 11.6 Å². The number of carbonyl (C=O) groups excluding carboxylic acids is 2. The van der Waals surface area contributed by atoms with Crippen molar-refractivity contribution in [2.75, 3.05) is 44.3 Å². The SMILES string of the molecule is Cc1ccc(N2CCC(C#N)(NC(=O)C(CC(C)(C)C)NC(=O)N3CCOCC3)CC2)cc1. The predicted octanol–water partition coefficient (Wildman–Crippen LogP) is 2.82. The summed E-state index contributed by atoms with van der Waals surface area (Å²) >= 11 is 0. The Labute approximate surface area is 197 Å². The molecule has 2 aliphatic heterocycles. The van der Waals surface area contributed by atoms with E-state index in [4.69, 9.17) is 4.74 Å². The van der Waals surface area contributed by atoms with Crippen LogP contribution >= 0.6 is 0 Å². The van der Waals surface area contributed by atoms with Crippen LogP contribution in [-0.4, -0.2) is 67.8 Å². The highest BCUT2D eigenvalue weighted by atomic mass is 16.5. The van der Waals surface area contributed by atoms with Gasteiger partial charge >= 0.3 is 6.03 Å². The zero-order chi connectivity index (χ0) is 24.1. The molecule has 2 saturated heterocycles. The molecule has 2 N–H and O–H groups in total. The van der Waals surface area contributed by atoms with Gasteiger partial charge in [0.25, 0.3) is 0 Å². The molecule has 33 heavy (non-hydrogen) atoms. The van der Waals surface area contributed by atoms with E-state index >= 15 is 0 Å². The predicted molar refractivity (Wildman–Crippen MR) is 128 cm³/mol. The minimum absolute atomic E-state index is 0.172. The van der Waals surface area contributed by atoms with E-state index in [0.29, 0.717) is 58.7 Å². The zero-order valence-corrected chi connectivity index (χ0v) is 20.3. The number of anilines is 1. The fraction of sp³-hybridized carbons (Fsp3) is 0.640. The Kier molecular flexibility index (Phi) is 7.85. The first-order valence-corrected chi connectivity index (χ1v) is 11.8. The molecule has 1 aromatic rings. The van der Waals surface area contributed by atoms with E-state index in [1.54, 1.807) is 4.90 Å². The molecule has 0 bridgehead atoms. The number of nitrogens with one attached hydrogen (secondary N) is 2. The van der Waals surface area contributed by atoms with Crippen LogP contribution in [0.5, 0.6) is 0 Å². The summed E-state index contributed by atoms with van der Waals surface area (Å²) < 4.78 is 5.32. The van der Waals surface area contributed by atoms with Crippen molar-refractivity contribution in [2.24, 2.45) is 5.41 Å². The van der Waals surface area contributed by atoms with Gasteiger partial charge in [0.1, 0.15) is 11.6 Å². The first-order chi connectivity index (χ1) is 15.6. The Hall–Kier alpha value is -2.79. The number of nitriles is 1. The summed E-state index contributed by atoms with van der Waals surface area (Å²) in [7, 11) is 0. The molecular weight excluding hydrogens is 418 g/mol. The summed E-state index contributed by atoms with van der Waals surface area (Å²) in [5.41, 5.74) is 1.23. The summed E-state index contributed by atoms with van der Waals surface area (Å²) in [5, 5.41) is 15.9. The van der Waals surface area contributed by atoms with Gasteiger partial charge in [0.2, 0.25) is 5.91 Å². The van der Waals surface area contributed by atoms with E-state index in [2.05, 4.69) is 52.8 Å². The van der Waals surface area contributed by atoms with Crippen LogP contribution in [0.2, 0.25) is 0 Å². The molecule has 3 amide bonds. The molecular formula is C25H37N5O3. The van der Waals surface area contributed by atoms with Crippen molar-refractivity contribution in [2.45, 2.75) is 58.5 Å². The largest absolute Gasteiger partial charge is 0.378 e. The molecule has 1 aromatic carbocycles. The lowest BCUT2D eigenvalue weighted by atomic mass is 9.85. The third kappa shape index (κ3) is 6.84. The number of piperidine rings is 1. The van der Waals surface area contributed by atoms with E-state index in [-0.39, 0.29) is 17.4 Å². The van der Waals surface area contributed by atoms with Gasteiger partial charge in [-0.25, -0.2) is 4.79 Å². The number of carbonyl (C=O) groups is 2. The summed E-state index contributed by atoms with van der Waals surface area (Å²) in [4.78, 5) is 30.0. The smallest absolute Gasteiger partial charge is 0.318 e. The van der Waals surface area contributed by atoms with Crippen molar-refractivity contribution >= 4 is 17.6 Å². The maximum atomic E-state index is 13.3. The van der Waals surface area contributed by atoms with E-state index in [1.165, 1.54) is 5.56 Å². The molecule has 3 rings (SSSR count). The maximum absolute atomic E-state index is 13.3. The highest BCUT2D eigenvalue weighted by Crippen LogP contribution is 2.27. The Morgan fingerprint density at radius 2 is 1.73 bits per heavy atom. The van der Waals surface area contributed by atoms with Crippen molar-refractivity contribution in [1.82, 2.24) is 15.5 Å². The van der Waals surface area contributed by atoms with Crippen molar-refractivity contribution < 1.29 is 14.3 Å². The third-order valence-corrected chi connectivity index (χ3v) is 6.32. The molecule has 0 saturated carbocycles. The zero-order valence-electron chi connectivity index (χ0n) is 20.3. The molecule has 2 fully saturated rings. The second kappa shape index (κ2) is 10.4. The number of nitrogens with zero attached hydrogens (tertiary/aromatic N) is 3. The van der Waals surface area contributed by atoms with Gasteiger partial charge in [0.05, 0.1) is 19.3 Å². The first-order valence-electron chi connectivity index (χ1n) is 11.8. The standard InChI is InChI=1S/C25H37N5O3/c1-19-5-7-20(8-6-19)29-11-9-25(18-26,10-12-29)28-22(31)21(17-24(2,3)4)27-23(32)30-13-15-33-16-14-30/h5-8,21H,9-17H2,1-4H3,(H,27,32)(H,28,31). The molecule has 0 radical (unpaired) electrons. The number of benzene rings is 1. The second-order valence-electron chi connectivity index (χ2n) is 10.4. The molecule has 2 aliphatic rings. The summed E-state index contributed by atoms with van der Waals surface area (Å²) in [6.07, 6.45) is 1.54. The van der Waals surface area contributed by atoms with Crippen molar-refractivity contribution in [3.8, 4) is 6.07 Å². The van der Waals surface area contributed by atoms with Crippen LogP contribution in [0, 0.1) is 23.7 Å². The Morgan fingerprint density at radius 3 is 2.27 bits per heavy atom. The fourth-order valence-corrected chi connectivity index (χ4v) is 4.32. The van der Waals surface area contributed by atoms with Crippen LogP contribution in [0.25, 0.3) is 0 Å². The second-order valence-corrected chi connectivity index (χ2v) is 10.4. The van der Waals surface area contributed by atoms with Gasteiger partial charge in [-0.3, -0.25) is 4.79 Å². The van der Waals surface area contributed by atoms with Gasteiger partial charge in [0, 0.05) is 44.7 Å². The Morgan fingerprint density at radius 1 is 1.12 bits per heavy atom. The van der Waals surface area contributed by atoms with Gasteiger partial charge in [-0.15, -0.1) is 0 Å². The van der Waals surface area contributed by atoms with Crippen LogP contribution in [0.15, 0.2) is 24.3 Å². The lowest BCUT2D eigenvalue weighted by Crippen LogP contribution is -2.60. The fourth-order valence-electron chi connectivity index (χ4n) is 4.32. The van der Waals surface area contributed by atoms with Gasteiger partial charge in [-0.2, -0.15) is 5.26 Å². The van der Waals surface area contributed by atoms with Gasteiger partial charge in [0.15, 0.2) is 0 Å².